The highest BCUT2D eigenvalue weighted by atomic mass is 32.2. The largest absolute Gasteiger partial charge is 0.357 e. The van der Waals surface area contributed by atoms with E-state index in [4.69, 9.17) is 4.98 Å². The second kappa shape index (κ2) is 8.31. The van der Waals surface area contributed by atoms with Crippen LogP contribution in [0.15, 0.2) is 53.8 Å². The van der Waals surface area contributed by atoms with Crippen molar-refractivity contribution in [2.45, 2.75) is 13.5 Å². The molecule has 2 N–H and O–H groups in total. The summed E-state index contributed by atoms with van der Waals surface area (Å²) in [4.78, 5) is 24.4. The van der Waals surface area contributed by atoms with Gasteiger partial charge in [0.1, 0.15) is 22.7 Å². The van der Waals surface area contributed by atoms with Crippen molar-refractivity contribution < 1.29 is 17.2 Å². The quantitative estimate of drug-likeness (QED) is 0.373. The molecule has 4 heterocycles. The number of hydrogen-bond acceptors (Lipinski definition) is 5. The van der Waals surface area contributed by atoms with Crippen molar-refractivity contribution in [1.82, 2.24) is 24.1 Å². The Hall–Kier alpha value is -4.06. The number of H-pyrrole nitrogens is 1. The molecule has 5 rings (SSSR count). The zero-order valence-electron chi connectivity index (χ0n) is 18.7. The summed E-state index contributed by atoms with van der Waals surface area (Å²) in [5.41, 5.74) is 2.09. The number of pyridine rings is 2. The average molecular weight is 499 g/mol. The van der Waals surface area contributed by atoms with Gasteiger partial charge in [-0.1, -0.05) is 6.07 Å². The number of aromatic nitrogens is 5. The van der Waals surface area contributed by atoms with Crippen LogP contribution in [0, 0.1) is 11.6 Å². The van der Waals surface area contributed by atoms with E-state index >= 15 is 0 Å². The van der Waals surface area contributed by atoms with Gasteiger partial charge in [0, 0.05) is 42.0 Å². The smallest absolute Gasteiger partial charge is 0.274 e. The Balaban J connectivity index is 1.75. The van der Waals surface area contributed by atoms with Gasteiger partial charge in [0.15, 0.2) is 5.65 Å². The maximum Gasteiger partial charge on any atom is 0.274 e. The number of nitrogens with one attached hydrogen (secondary N) is 2. The molecule has 0 unspecified atom stereocenters. The van der Waals surface area contributed by atoms with Gasteiger partial charge in [0.2, 0.25) is 10.0 Å². The molecule has 0 bridgehead atoms. The molecule has 0 amide bonds. The molecule has 5 aromatic rings. The lowest BCUT2D eigenvalue weighted by atomic mass is 10.1. The van der Waals surface area contributed by atoms with Gasteiger partial charge in [-0.2, -0.15) is 0 Å². The maximum atomic E-state index is 14.3. The van der Waals surface area contributed by atoms with Gasteiger partial charge in [-0.15, -0.1) is 0 Å². The SMILES string of the molecule is CCS(=O)(=O)Nc1cc(-c2cn(C)c(=O)c3[nH]ccc23)nc2c1ncn2Cc1ccc(F)cc1F. The predicted octanol–water partition coefficient (Wildman–Crippen LogP) is 3.37. The number of aromatic amines is 1. The van der Waals surface area contributed by atoms with Crippen molar-refractivity contribution in [1.29, 1.82) is 0 Å². The monoisotopic (exact) mass is 498 g/mol. The van der Waals surface area contributed by atoms with Crippen LogP contribution in [0.4, 0.5) is 14.5 Å². The van der Waals surface area contributed by atoms with Gasteiger partial charge in [0.05, 0.1) is 30.0 Å². The molecule has 0 aliphatic carbocycles. The van der Waals surface area contributed by atoms with Crippen molar-refractivity contribution in [3.8, 4) is 11.3 Å². The average Bonchev–Trinajstić information content (AvgIpc) is 3.46. The first-order chi connectivity index (χ1) is 16.7. The van der Waals surface area contributed by atoms with E-state index in [9.17, 15) is 22.0 Å². The number of sulfonamides is 1. The number of benzene rings is 1. The van der Waals surface area contributed by atoms with Crippen LogP contribution >= 0.6 is 0 Å². The maximum absolute atomic E-state index is 14.3. The summed E-state index contributed by atoms with van der Waals surface area (Å²) in [7, 11) is -2.06. The number of hydrogen-bond donors (Lipinski definition) is 2. The third-order valence-corrected chi connectivity index (χ3v) is 7.03. The first kappa shape index (κ1) is 22.7. The van der Waals surface area contributed by atoms with Crippen LogP contribution in [-0.4, -0.2) is 38.3 Å². The van der Waals surface area contributed by atoms with Crippen LogP contribution in [0.1, 0.15) is 12.5 Å². The van der Waals surface area contributed by atoms with E-state index in [-0.39, 0.29) is 40.3 Å². The van der Waals surface area contributed by atoms with E-state index in [1.165, 1.54) is 23.9 Å². The highest BCUT2D eigenvalue weighted by molar-refractivity contribution is 7.92. The van der Waals surface area contributed by atoms with Crippen LogP contribution in [0.3, 0.4) is 0 Å². The Kier molecular flexibility index (Phi) is 5.39. The molecule has 12 heteroatoms. The van der Waals surface area contributed by atoms with Gasteiger partial charge in [-0.25, -0.2) is 27.2 Å². The fourth-order valence-corrected chi connectivity index (χ4v) is 4.55. The van der Waals surface area contributed by atoms with Crippen molar-refractivity contribution in [2.24, 2.45) is 7.05 Å². The molecule has 0 aliphatic heterocycles. The zero-order chi connectivity index (χ0) is 24.9. The van der Waals surface area contributed by atoms with Crippen LogP contribution < -0.4 is 10.3 Å². The molecule has 0 atom stereocenters. The van der Waals surface area contributed by atoms with Crippen molar-refractivity contribution >= 4 is 37.8 Å². The summed E-state index contributed by atoms with van der Waals surface area (Å²) in [6, 6.07) is 6.57. The lowest BCUT2D eigenvalue weighted by Gasteiger charge is -2.12. The fourth-order valence-electron chi connectivity index (χ4n) is 3.91. The molecule has 0 saturated carbocycles. The van der Waals surface area contributed by atoms with E-state index in [0.717, 1.165) is 12.1 Å². The number of halogens is 2. The summed E-state index contributed by atoms with van der Waals surface area (Å²) >= 11 is 0. The van der Waals surface area contributed by atoms with Crippen LogP contribution in [-0.2, 0) is 23.6 Å². The van der Waals surface area contributed by atoms with Gasteiger partial charge >= 0.3 is 0 Å². The molecule has 4 aromatic heterocycles. The number of aryl methyl sites for hydroxylation is 1. The van der Waals surface area contributed by atoms with Gasteiger partial charge in [0.25, 0.3) is 5.56 Å². The Morgan fingerprint density at radius 2 is 1.97 bits per heavy atom. The Morgan fingerprint density at radius 1 is 1.17 bits per heavy atom. The summed E-state index contributed by atoms with van der Waals surface area (Å²) in [6.07, 6.45) is 4.67. The number of anilines is 1. The van der Waals surface area contributed by atoms with Gasteiger partial charge < -0.3 is 14.1 Å². The molecule has 0 saturated heterocycles. The Bertz CT molecular complexity index is 1770. The van der Waals surface area contributed by atoms with Gasteiger partial charge in [-0.05, 0) is 25.1 Å². The summed E-state index contributed by atoms with van der Waals surface area (Å²) in [5.74, 6) is -1.57. The lowest BCUT2D eigenvalue weighted by molar-refractivity contribution is 0.567. The molecular weight excluding hydrogens is 478 g/mol. The molecular formula is C23H20F2N6O3S. The van der Waals surface area contributed by atoms with Crippen molar-refractivity contribution in [3.05, 3.63) is 76.6 Å². The van der Waals surface area contributed by atoms with Crippen LogP contribution in [0.2, 0.25) is 0 Å². The third kappa shape index (κ3) is 4.05. The summed E-state index contributed by atoms with van der Waals surface area (Å²) in [6.45, 7) is 1.50. The van der Waals surface area contributed by atoms with E-state index in [1.807, 2.05) is 0 Å². The topological polar surface area (TPSA) is 115 Å². The molecule has 180 valence electrons. The Labute approximate surface area is 198 Å². The summed E-state index contributed by atoms with van der Waals surface area (Å²) in [5, 5.41) is 0.611. The second-order valence-electron chi connectivity index (χ2n) is 8.07. The van der Waals surface area contributed by atoms with E-state index < -0.39 is 21.7 Å². The number of imidazole rings is 1. The number of nitrogens with zero attached hydrogens (tertiary/aromatic N) is 4. The fraction of sp³-hybridized carbons (Fsp3) is 0.174. The minimum Gasteiger partial charge on any atom is -0.357 e. The number of rotatable bonds is 6. The number of fused-ring (bicyclic) bond motifs is 2. The summed E-state index contributed by atoms with van der Waals surface area (Å²) < 4.78 is 58.0. The van der Waals surface area contributed by atoms with E-state index in [1.54, 1.807) is 36.1 Å². The molecule has 1 aromatic carbocycles. The highest BCUT2D eigenvalue weighted by Gasteiger charge is 2.19. The van der Waals surface area contributed by atoms with Crippen molar-refractivity contribution in [3.63, 3.8) is 0 Å². The highest BCUT2D eigenvalue weighted by Crippen LogP contribution is 2.32. The molecule has 0 aliphatic rings. The molecule has 9 nitrogen and oxygen atoms in total. The lowest BCUT2D eigenvalue weighted by Crippen LogP contribution is -2.17. The second-order valence-corrected chi connectivity index (χ2v) is 10.1. The molecule has 0 radical (unpaired) electrons. The predicted molar refractivity (Wildman–Crippen MR) is 129 cm³/mol. The van der Waals surface area contributed by atoms with Crippen LogP contribution in [0.25, 0.3) is 33.3 Å². The van der Waals surface area contributed by atoms with Crippen molar-refractivity contribution in [2.75, 3.05) is 10.5 Å². The Morgan fingerprint density at radius 3 is 2.71 bits per heavy atom. The first-order valence-electron chi connectivity index (χ1n) is 10.6. The third-order valence-electron chi connectivity index (χ3n) is 5.74. The van der Waals surface area contributed by atoms with E-state index in [2.05, 4.69) is 14.7 Å². The minimum absolute atomic E-state index is 0.00806. The molecule has 0 fully saturated rings. The minimum atomic E-state index is -3.66. The van der Waals surface area contributed by atoms with Gasteiger partial charge in [-0.3, -0.25) is 9.52 Å². The molecule has 0 spiro atoms. The van der Waals surface area contributed by atoms with Crippen LogP contribution in [0.5, 0.6) is 0 Å². The standard InChI is InChI=1S/C23H20F2N6O3S/c1-3-35(33,34)29-19-9-18(16-11-30(2)23(32)20-15(16)6-7-26-20)28-22-21(19)27-12-31(22)10-13-4-5-14(24)8-17(13)25/h4-9,11-12,26H,3,10H2,1-2H3,(H,28,29). The first-order valence-corrected chi connectivity index (χ1v) is 12.3. The van der Waals surface area contributed by atoms with E-state index in [0.29, 0.717) is 22.2 Å². The zero-order valence-corrected chi connectivity index (χ0v) is 19.5. The normalized spacial score (nSPS) is 12.0. The molecule has 35 heavy (non-hydrogen) atoms.